The van der Waals surface area contributed by atoms with Gasteiger partial charge in [0.15, 0.2) is 0 Å². The molecule has 1 aliphatic rings. The van der Waals surface area contributed by atoms with Gasteiger partial charge in [0.1, 0.15) is 4.75 Å². The first-order valence-corrected chi connectivity index (χ1v) is 5.53. The molecule has 0 N–H and O–H groups in total. The lowest BCUT2D eigenvalue weighted by Gasteiger charge is -2.29. The first-order valence-electron chi connectivity index (χ1n) is 4.12. The first-order chi connectivity index (χ1) is 6.44. The summed E-state index contributed by atoms with van der Waals surface area (Å²) < 4.78 is 26.2. The van der Waals surface area contributed by atoms with E-state index in [0.29, 0.717) is 0 Å². The van der Waals surface area contributed by atoms with Gasteiger partial charge >= 0.3 is 16.4 Å². The molecule has 2 atom stereocenters. The molecule has 5 heteroatoms. The maximum atomic E-state index is 11.6. The van der Waals surface area contributed by atoms with Crippen LogP contribution in [-0.2, 0) is 14.3 Å². The van der Waals surface area contributed by atoms with Crippen molar-refractivity contribution < 1.29 is 12.6 Å². The number of hydrogen-bond donors (Lipinski definition) is 0. The van der Waals surface area contributed by atoms with Crippen molar-refractivity contribution in [2.75, 3.05) is 0 Å². The molecule has 0 aromatic carbocycles. The predicted molar refractivity (Wildman–Crippen MR) is 51.5 cm³/mol. The molecule has 1 aliphatic carbocycles. The highest BCUT2D eigenvalue weighted by Gasteiger charge is 2.43. The minimum absolute atomic E-state index is 0.217. The van der Waals surface area contributed by atoms with Crippen LogP contribution in [0.4, 0.5) is 0 Å². The maximum absolute atomic E-state index is 11.6. The lowest BCUT2D eigenvalue weighted by molar-refractivity contribution is 0.410. The standard InChI is InChI=1S/C9H11NO3S/c1-8-5-3-4-6-9(8,2)14(11,12)13-7-10/h3-6,8H,1-2H3. The van der Waals surface area contributed by atoms with Crippen molar-refractivity contribution in [2.45, 2.75) is 18.6 Å². The van der Waals surface area contributed by atoms with Crippen LogP contribution >= 0.6 is 0 Å². The highest BCUT2D eigenvalue weighted by molar-refractivity contribution is 7.88. The summed E-state index contributed by atoms with van der Waals surface area (Å²) in [5.41, 5.74) is 0. The van der Waals surface area contributed by atoms with E-state index in [1.54, 1.807) is 25.2 Å². The fourth-order valence-electron chi connectivity index (χ4n) is 1.27. The van der Waals surface area contributed by atoms with Gasteiger partial charge in [-0.15, -0.1) is 5.26 Å². The Balaban J connectivity index is 3.14. The van der Waals surface area contributed by atoms with Crippen molar-refractivity contribution in [2.24, 2.45) is 5.92 Å². The largest absolute Gasteiger partial charge is 0.328 e. The Morgan fingerprint density at radius 1 is 1.50 bits per heavy atom. The van der Waals surface area contributed by atoms with Crippen molar-refractivity contribution >= 4 is 10.1 Å². The van der Waals surface area contributed by atoms with E-state index >= 15 is 0 Å². The monoisotopic (exact) mass is 213 g/mol. The molecular formula is C9H11NO3S. The lowest BCUT2D eigenvalue weighted by atomic mass is 9.91. The fourth-order valence-corrected chi connectivity index (χ4v) is 2.33. The van der Waals surface area contributed by atoms with Crippen LogP contribution in [0.2, 0.25) is 0 Å². The molecule has 0 saturated heterocycles. The normalized spacial score (nSPS) is 31.1. The Labute approximate surface area is 83.6 Å². The summed E-state index contributed by atoms with van der Waals surface area (Å²) in [5, 5.41) is 8.24. The molecule has 14 heavy (non-hydrogen) atoms. The second-order valence-corrected chi connectivity index (χ2v) is 5.30. The van der Waals surface area contributed by atoms with Gasteiger partial charge in [-0.1, -0.05) is 31.2 Å². The van der Waals surface area contributed by atoms with E-state index in [1.165, 1.54) is 19.3 Å². The number of nitrogens with zero attached hydrogens (tertiary/aromatic N) is 1. The lowest BCUT2D eigenvalue weighted by Crippen LogP contribution is -2.40. The molecule has 0 aromatic rings. The number of rotatable bonds is 2. The van der Waals surface area contributed by atoms with Crippen molar-refractivity contribution in [1.82, 2.24) is 0 Å². The van der Waals surface area contributed by atoms with Gasteiger partial charge in [-0.3, -0.25) is 0 Å². The van der Waals surface area contributed by atoms with E-state index in [-0.39, 0.29) is 5.92 Å². The quantitative estimate of drug-likeness (QED) is 0.512. The smallest absolute Gasteiger partial charge is 0.302 e. The van der Waals surface area contributed by atoms with E-state index in [2.05, 4.69) is 4.18 Å². The molecule has 1 rings (SSSR count). The maximum Gasteiger partial charge on any atom is 0.328 e. The summed E-state index contributed by atoms with van der Waals surface area (Å²) in [6.07, 6.45) is 7.91. The zero-order chi connectivity index (χ0) is 10.8. The van der Waals surface area contributed by atoms with Gasteiger partial charge in [-0.2, -0.15) is 8.42 Å². The Bertz CT molecular complexity index is 416. The third kappa shape index (κ3) is 1.53. The van der Waals surface area contributed by atoms with Crippen LogP contribution in [0.5, 0.6) is 0 Å². The molecule has 0 heterocycles. The highest BCUT2D eigenvalue weighted by Crippen LogP contribution is 2.32. The molecule has 76 valence electrons. The topological polar surface area (TPSA) is 67.2 Å². The Kier molecular flexibility index (Phi) is 2.67. The summed E-state index contributed by atoms with van der Waals surface area (Å²) in [7, 11) is -3.88. The first kappa shape index (κ1) is 10.8. The highest BCUT2D eigenvalue weighted by atomic mass is 32.2. The minimum atomic E-state index is -3.88. The van der Waals surface area contributed by atoms with Crippen molar-refractivity contribution in [3.8, 4) is 6.26 Å². The van der Waals surface area contributed by atoms with Crippen LogP contribution in [0, 0.1) is 17.4 Å². The molecule has 0 saturated carbocycles. The number of allylic oxidation sites excluding steroid dienone is 3. The summed E-state index contributed by atoms with van der Waals surface area (Å²) in [4.78, 5) is 0. The van der Waals surface area contributed by atoms with Crippen LogP contribution in [-0.4, -0.2) is 13.2 Å². The van der Waals surface area contributed by atoms with Gasteiger partial charge in [-0.05, 0) is 6.92 Å². The molecule has 0 amide bonds. The van der Waals surface area contributed by atoms with Crippen molar-refractivity contribution in [1.29, 1.82) is 5.26 Å². The van der Waals surface area contributed by atoms with E-state index in [9.17, 15) is 8.42 Å². The summed E-state index contributed by atoms with van der Waals surface area (Å²) in [6.45, 7) is 3.29. The Morgan fingerprint density at radius 2 is 2.14 bits per heavy atom. The average Bonchev–Trinajstić information content (AvgIpc) is 2.10. The van der Waals surface area contributed by atoms with Crippen LogP contribution in [0.3, 0.4) is 0 Å². The predicted octanol–water partition coefficient (Wildman–Crippen LogP) is 1.33. The van der Waals surface area contributed by atoms with Crippen LogP contribution in [0.25, 0.3) is 0 Å². The second kappa shape index (κ2) is 3.46. The fraction of sp³-hybridized carbons (Fsp3) is 0.444. The van der Waals surface area contributed by atoms with Gasteiger partial charge < -0.3 is 4.18 Å². The average molecular weight is 213 g/mol. The molecule has 0 spiro atoms. The van der Waals surface area contributed by atoms with Crippen molar-refractivity contribution in [3.63, 3.8) is 0 Å². The molecule has 0 aliphatic heterocycles. The number of nitriles is 1. The van der Waals surface area contributed by atoms with Gasteiger partial charge in [0, 0.05) is 5.92 Å². The zero-order valence-corrected chi connectivity index (χ0v) is 8.78. The van der Waals surface area contributed by atoms with Crippen LogP contribution in [0.15, 0.2) is 24.3 Å². The van der Waals surface area contributed by atoms with Crippen molar-refractivity contribution in [3.05, 3.63) is 24.3 Å². The second-order valence-electron chi connectivity index (χ2n) is 3.35. The van der Waals surface area contributed by atoms with E-state index in [0.717, 1.165) is 0 Å². The molecule has 4 nitrogen and oxygen atoms in total. The zero-order valence-electron chi connectivity index (χ0n) is 7.97. The van der Waals surface area contributed by atoms with Crippen LogP contribution < -0.4 is 0 Å². The third-order valence-corrected chi connectivity index (χ3v) is 4.41. The summed E-state index contributed by atoms with van der Waals surface area (Å²) >= 11 is 0. The van der Waals surface area contributed by atoms with Crippen LogP contribution in [0.1, 0.15) is 13.8 Å². The SMILES string of the molecule is CC1C=CC=CC1(C)S(=O)(=O)OC#N. The number of hydrogen-bond acceptors (Lipinski definition) is 4. The van der Waals surface area contributed by atoms with E-state index in [1.807, 2.05) is 0 Å². The van der Waals surface area contributed by atoms with Gasteiger partial charge in [0.05, 0.1) is 0 Å². The minimum Gasteiger partial charge on any atom is -0.302 e. The van der Waals surface area contributed by atoms with E-state index in [4.69, 9.17) is 5.26 Å². The summed E-state index contributed by atoms with van der Waals surface area (Å²) in [5.74, 6) is -0.217. The Hall–Kier alpha value is -1.28. The van der Waals surface area contributed by atoms with E-state index < -0.39 is 14.9 Å². The molecule has 0 aromatic heterocycles. The molecule has 0 bridgehead atoms. The van der Waals surface area contributed by atoms with Gasteiger partial charge in [0.2, 0.25) is 0 Å². The molecule has 2 unspecified atom stereocenters. The Morgan fingerprint density at radius 3 is 2.64 bits per heavy atom. The molecular weight excluding hydrogens is 202 g/mol. The molecule has 0 fully saturated rings. The third-order valence-electron chi connectivity index (χ3n) is 2.53. The van der Waals surface area contributed by atoms with Gasteiger partial charge in [0.25, 0.3) is 0 Å². The summed E-state index contributed by atoms with van der Waals surface area (Å²) in [6, 6.07) is 0. The van der Waals surface area contributed by atoms with Gasteiger partial charge in [-0.25, -0.2) is 0 Å². The molecule has 0 radical (unpaired) electrons.